The maximum Gasteiger partial charge on any atom is 0.242 e. The first-order chi connectivity index (χ1) is 12.8. The third kappa shape index (κ3) is 4.02. The van der Waals surface area contributed by atoms with Gasteiger partial charge in [-0.05, 0) is 41.0 Å². The Kier molecular flexibility index (Phi) is 5.30. The highest BCUT2D eigenvalue weighted by molar-refractivity contribution is 7.89. The van der Waals surface area contributed by atoms with E-state index >= 15 is 0 Å². The van der Waals surface area contributed by atoms with Crippen LogP contribution in [-0.4, -0.2) is 32.7 Å². The summed E-state index contributed by atoms with van der Waals surface area (Å²) >= 11 is 0. The molecule has 3 aromatic rings. The Bertz CT molecular complexity index is 1100. The number of fused-ring (bicyclic) bond motifs is 1. The van der Waals surface area contributed by atoms with Crippen LogP contribution >= 0.6 is 0 Å². The summed E-state index contributed by atoms with van der Waals surface area (Å²) in [6.07, 6.45) is 0.213. The molecule has 6 heteroatoms. The molecule has 0 aliphatic carbocycles. The maximum atomic E-state index is 12.5. The van der Waals surface area contributed by atoms with Crippen LogP contribution in [0.5, 0.6) is 0 Å². The van der Waals surface area contributed by atoms with Gasteiger partial charge in [0, 0.05) is 19.8 Å². The van der Waals surface area contributed by atoms with Gasteiger partial charge >= 0.3 is 0 Å². The van der Waals surface area contributed by atoms with E-state index in [9.17, 15) is 13.2 Å². The molecule has 3 rings (SSSR count). The van der Waals surface area contributed by atoms with E-state index in [0.29, 0.717) is 11.3 Å². The molecule has 1 amide bonds. The van der Waals surface area contributed by atoms with Crippen molar-refractivity contribution in [3.8, 4) is 0 Å². The van der Waals surface area contributed by atoms with Gasteiger partial charge in [0.25, 0.3) is 0 Å². The number of nitrogens with zero attached hydrogens (tertiary/aromatic N) is 1. The number of nitrogens with one attached hydrogen (secondary N) is 1. The highest BCUT2D eigenvalue weighted by atomic mass is 32.2. The Balaban J connectivity index is 1.84. The van der Waals surface area contributed by atoms with E-state index in [1.165, 1.54) is 20.2 Å². The topological polar surface area (TPSA) is 66.5 Å². The standard InChI is InChI=1S/C21H22N2O3S/c1-15-11-12-18(14-20(15)27(25,26)23(2)3)22-21(24)13-17-9-6-8-16-7-4-5-10-19(16)17/h4-12,14H,13H2,1-3H3,(H,22,24). The lowest BCUT2D eigenvalue weighted by atomic mass is 10.0. The lowest BCUT2D eigenvalue weighted by Gasteiger charge is -2.15. The number of rotatable bonds is 5. The minimum Gasteiger partial charge on any atom is -0.326 e. The fourth-order valence-electron chi connectivity index (χ4n) is 2.98. The van der Waals surface area contributed by atoms with E-state index in [-0.39, 0.29) is 17.2 Å². The van der Waals surface area contributed by atoms with Gasteiger partial charge in [-0.2, -0.15) is 0 Å². The number of hydrogen-bond acceptors (Lipinski definition) is 3. The number of carbonyl (C=O) groups is 1. The van der Waals surface area contributed by atoms with Crippen LogP contribution in [0.1, 0.15) is 11.1 Å². The number of anilines is 1. The SMILES string of the molecule is Cc1ccc(NC(=O)Cc2cccc3ccccc23)cc1S(=O)(=O)N(C)C. The zero-order chi connectivity index (χ0) is 19.6. The Hall–Kier alpha value is -2.70. The lowest BCUT2D eigenvalue weighted by molar-refractivity contribution is -0.115. The summed E-state index contributed by atoms with van der Waals surface area (Å²) in [5.74, 6) is -0.191. The molecule has 0 saturated heterocycles. The van der Waals surface area contributed by atoms with Gasteiger partial charge in [0.1, 0.15) is 0 Å². The summed E-state index contributed by atoms with van der Waals surface area (Å²) in [5.41, 5.74) is 2.03. The molecule has 0 atom stereocenters. The Morgan fingerprint density at radius 1 is 1.00 bits per heavy atom. The number of benzene rings is 3. The Morgan fingerprint density at radius 3 is 2.44 bits per heavy atom. The van der Waals surface area contributed by atoms with Gasteiger partial charge < -0.3 is 5.32 Å². The van der Waals surface area contributed by atoms with Crippen LogP contribution in [0.25, 0.3) is 10.8 Å². The minimum atomic E-state index is -3.57. The third-order valence-electron chi connectivity index (χ3n) is 4.46. The van der Waals surface area contributed by atoms with E-state index in [2.05, 4.69) is 5.32 Å². The minimum absolute atomic E-state index is 0.190. The summed E-state index contributed by atoms with van der Waals surface area (Å²) < 4.78 is 26.0. The van der Waals surface area contributed by atoms with Crippen molar-refractivity contribution >= 4 is 32.4 Å². The molecular formula is C21H22N2O3S. The van der Waals surface area contributed by atoms with Gasteiger partial charge in [-0.3, -0.25) is 4.79 Å². The monoisotopic (exact) mass is 382 g/mol. The predicted molar refractivity (Wildman–Crippen MR) is 108 cm³/mol. The molecule has 0 aliphatic heterocycles. The van der Waals surface area contributed by atoms with Gasteiger partial charge in [-0.1, -0.05) is 48.5 Å². The van der Waals surface area contributed by atoms with Crippen LogP contribution < -0.4 is 5.32 Å². The number of hydrogen-bond donors (Lipinski definition) is 1. The fourth-order valence-corrected chi connectivity index (χ4v) is 4.12. The van der Waals surface area contributed by atoms with Crippen molar-refractivity contribution in [1.82, 2.24) is 4.31 Å². The Morgan fingerprint density at radius 2 is 1.70 bits per heavy atom. The van der Waals surface area contributed by atoms with Crippen LogP contribution in [0.2, 0.25) is 0 Å². The van der Waals surface area contributed by atoms with Crippen molar-refractivity contribution < 1.29 is 13.2 Å². The third-order valence-corrected chi connectivity index (χ3v) is 6.42. The van der Waals surface area contributed by atoms with Gasteiger partial charge in [0.15, 0.2) is 0 Å². The second kappa shape index (κ2) is 7.50. The normalized spacial score (nSPS) is 11.7. The molecule has 27 heavy (non-hydrogen) atoms. The molecule has 0 heterocycles. The molecule has 5 nitrogen and oxygen atoms in total. The highest BCUT2D eigenvalue weighted by Crippen LogP contribution is 2.23. The first kappa shape index (κ1) is 19.1. The number of sulfonamides is 1. The summed E-state index contributed by atoms with van der Waals surface area (Å²) in [5, 5.41) is 4.93. The first-order valence-corrected chi connectivity index (χ1v) is 10.0. The van der Waals surface area contributed by atoms with Crippen molar-refractivity contribution in [2.45, 2.75) is 18.2 Å². The van der Waals surface area contributed by atoms with Crippen LogP contribution in [0.3, 0.4) is 0 Å². The zero-order valence-corrected chi connectivity index (χ0v) is 16.4. The van der Waals surface area contributed by atoms with E-state index in [1.54, 1.807) is 19.1 Å². The molecule has 0 fully saturated rings. The van der Waals surface area contributed by atoms with Crippen molar-refractivity contribution in [3.05, 3.63) is 71.8 Å². The summed E-state index contributed by atoms with van der Waals surface area (Å²) in [7, 11) is -0.598. The zero-order valence-electron chi connectivity index (χ0n) is 15.6. The summed E-state index contributed by atoms with van der Waals surface area (Å²) in [4.78, 5) is 12.7. The second-order valence-corrected chi connectivity index (χ2v) is 8.75. The van der Waals surface area contributed by atoms with Crippen LogP contribution in [0, 0.1) is 6.92 Å². The number of carbonyl (C=O) groups excluding carboxylic acids is 1. The van der Waals surface area contributed by atoms with Crippen LogP contribution in [-0.2, 0) is 21.2 Å². The van der Waals surface area contributed by atoms with Gasteiger partial charge in [0.05, 0.1) is 11.3 Å². The van der Waals surface area contributed by atoms with Crippen LogP contribution in [0.15, 0.2) is 65.6 Å². The summed E-state index contributed by atoms with van der Waals surface area (Å²) in [6, 6.07) is 18.7. The van der Waals surface area contributed by atoms with Crippen molar-refractivity contribution in [2.24, 2.45) is 0 Å². The quantitative estimate of drug-likeness (QED) is 0.733. The molecule has 3 aromatic carbocycles. The first-order valence-electron chi connectivity index (χ1n) is 8.59. The van der Waals surface area contributed by atoms with Gasteiger partial charge in [-0.15, -0.1) is 0 Å². The van der Waals surface area contributed by atoms with Crippen LogP contribution in [0.4, 0.5) is 5.69 Å². The highest BCUT2D eigenvalue weighted by Gasteiger charge is 2.20. The predicted octanol–water partition coefficient (Wildman–Crippen LogP) is 3.58. The maximum absolute atomic E-state index is 12.5. The molecule has 0 unspecified atom stereocenters. The van der Waals surface area contributed by atoms with Gasteiger partial charge in [-0.25, -0.2) is 12.7 Å². The van der Waals surface area contributed by atoms with Gasteiger partial charge in [0.2, 0.25) is 15.9 Å². The lowest BCUT2D eigenvalue weighted by Crippen LogP contribution is -2.23. The van der Waals surface area contributed by atoms with Crippen molar-refractivity contribution in [2.75, 3.05) is 19.4 Å². The average molecular weight is 382 g/mol. The molecule has 0 spiro atoms. The number of aryl methyl sites for hydroxylation is 1. The Labute approximate surface area is 159 Å². The molecule has 0 saturated carbocycles. The molecular weight excluding hydrogens is 360 g/mol. The van der Waals surface area contributed by atoms with E-state index < -0.39 is 10.0 Å². The molecule has 0 bridgehead atoms. The fraction of sp³-hybridized carbons (Fsp3) is 0.190. The molecule has 0 aliphatic rings. The largest absolute Gasteiger partial charge is 0.326 e. The molecule has 0 aromatic heterocycles. The average Bonchev–Trinajstić information content (AvgIpc) is 2.63. The second-order valence-electron chi connectivity index (χ2n) is 6.63. The van der Waals surface area contributed by atoms with E-state index in [1.807, 2.05) is 42.5 Å². The van der Waals surface area contributed by atoms with E-state index in [4.69, 9.17) is 0 Å². The molecule has 1 N–H and O–H groups in total. The number of amides is 1. The van der Waals surface area contributed by atoms with Crippen molar-refractivity contribution in [3.63, 3.8) is 0 Å². The van der Waals surface area contributed by atoms with Crippen molar-refractivity contribution in [1.29, 1.82) is 0 Å². The molecule has 0 radical (unpaired) electrons. The van der Waals surface area contributed by atoms with E-state index in [0.717, 1.165) is 20.6 Å². The summed E-state index contributed by atoms with van der Waals surface area (Å²) in [6.45, 7) is 1.73. The smallest absolute Gasteiger partial charge is 0.242 e. The molecule has 140 valence electrons.